The lowest BCUT2D eigenvalue weighted by Crippen LogP contribution is -2.39. The molecule has 2 rings (SSSR count). The van der Waals surface area contributed by atoms with Crippen LogP contribution < -0.4 is 5.32 Å². The second kappa shape index (κ2) is 6.79. The van der Waals surface area contributed by atoms with Gasteiger partial charge < -0.3 is 5.32 Å². The average molecular weight is 324 g/mol. The van der Waals surface area contributed by atoms with Gasteiger partial charge in [0, 0.05) is 13.1 Å². The summed E-state index contributed by atoms with van der Waals surface area (Å²) < 4.78 is 26.0. The number of benzene rings is 1. The molecule has 1 N–H and O–H groups in total. The summed E-state index contributed by atoms with van der Waals surface area (Å²) in [5.41, 5.74) is 1.12. The number of carbonyl (C=O) groups is 1. The molecule has 0 heterocycles. The molecule has 0 bridgehead atoms. The summed E-state index contributed by atoms with van der Waals surface area (Å²) in [4.78, 5) is 12.0. The molecule has 1 aromatic rings. The Balaban J connectivity index is 2.06. The van der Waals surface area contributed by atoms with E-state index in [-0.39, 0.29) is 23.4 Å². The van der Waals surface area contributed by atoms with Crippen LogP contribution in [0.5, 0.6) is 0 Å². The van der Waals surface area contributed by atoms with Gasteiger partial charge in [0.25, 0.3) is 0 Å². The largest absolute Gasteiger partial charge is 0.352 e. The molecule has 1 amide bonds. The Bertz CT molecular complexity index is 621. The van der Waals surface area contributed by atoms with Crippen LogP contribution in [0, 0.1) is 0 Å². The molecule has 0 aromatic heterocycles. The highest BCUT2D eigenvalue weighted by atomic mass is 32.2. The molecule has 1 aliphatic carbocycles. The van der Waals surface area contributed by atoms with Gasteiger partial charge >= 0.3 is 0 Å². The van der Waals surface area contributed by atoms with E-state index in [2.05, 4.69) is 19.2 Å². The number of hydrogen-bond acceptors (Lipinski definition) is 3. The number of hydrogen-bond donors (Lipinski definition) is 1. The van der Waals surface area contributed by atoms with Gasteiger partial charge in [-0.15, -0.1) is 0 Å². The van der Waals surface area contributed by atoms with Crippen molar-refractivity contribution in [2.75, 3.05) is 13.6 Å². The SMILES string of the molecule is CCC(C)c1ccc(S(=O)(=O)N(C)CC(=O)NC2CC2)cc1. The molecule has 1 atom stereocenters. The quantitative estimate of drug-likeness (QED) is 0.835. The molecule has 0 saturated heterocycles. The second-order valence-corrected chi connectivity index (χ2v) is 8.03. The molecular weight excluding hydrogens is 300 g/mol. The minimum Gasteiger partial charge on any atom is -0.352 e. The summed E-state index contributed by atoms with van der Waals surface area (Å²) >= 11 is 0. The van der Waals surface area contributed by atoms with Gasteiger partial charge in [0.05, 0.1) is 11.4 Å². The van der Waals surface area contributed by atoms with Crippen LogP contribution >= 0.6 is 0 Å². The first-order valence-electron chi connectivity index (χ1n) is 7.70. The van der Waals surface area contributed by atoms with Gasteiger partial charge in [-0.3, -0.25) is 4.79 Å². The van der Waals surface area contributed by atoms with E-state index in [0.29, 0.717) is 5.92 Å². The van der Waals surface area contributed by atoms with E-state index >= 15 is 0 Å². The first kappa shape index (κ1) is 17.0. The molecule has 1 fully saturated rings. The summed E-state index contributed by atoms with van der Waals surface area (Å²) in [7, 11) is -2.19. The number of sulfonamides is 1. The summed E-state index contributed by atoms with van der Waals surface area (Å²) in [6, 6.07) is 7.16. The number of nitrogens with zero attached hydrogens (tertiary/aromatic N) is 1. The molecule has 1 unspecified atom stereocenters. The fourth-order valence-corrected chi connectivity index (χ4v) is 3.30. The van der Waals surface area contributed by atoms with Crippen molar-refractivity contribution in [3.8, 4) is 0 Å². The van der Waals surface area contributed by atoms with Gasteiger partial charge in [-0.1, -0.05) is 26.0 Å². The highest BCUT2D eigenvalue weighted by molar-refractivity contribution is 7.89. The van der Waals surface area contributed by atoms with E-state index in [9.17, 15) is 13.2 Å². The van der Waals surface area contributed by atoms with Crippen molar-refractivity contribution in [3.63, 3.8) is 0 Å². The van der Waals surface area contributed by atoms with Crippen LogP contribution in [-0.2, 0) is 14.8 Å². The first-order valence-corrected chi connectivity index (χ1v) is 9.14. The van der Waals surface area contributed by atoms with Crippen molar-refractivity contribution in [3.05, 3.63) is 29.8 Å². The lowest BCUT2D eigenvalue weighted by Gasteiger charge is -2.17. The Hall–Kier alpha value is -1.40. The standard InChI is InChI=1S/C16H24N2O3S/c1-4-12(2)13-5-9-15(10-6-13)22(20,21)18(3)11-16(19)17-14-7-8-14/h5-6,9-10,12,14H,4,7-8,11H2,1-3H3,(H,17,19). The predicted molar refractivity (Wildman–Crippen MR) is 86.1 cm³/mol. The molecular formula is C16H24N2O3S. The van der Waals surface area contributed by atoms with E-state index < -0.39 is 10.0 Å². The lowest BCUT2D eigenvalue weighted by atomic mass is 9.99. The highest BCUT2D eigenvalue weighted by Gasteiger charge is 2.27. The summed E-state index contributed by atoms with van der Waals surface area (Å²) in [5.74, 6) is 0.156. The van der Waals surface area contributed by atoms with Crippen LogP contribution in [0.4, 0.5) is 0 Å². The van der Waals surface area contributed by atoms with Crippen LogP contribution in [-0.4, -0.2) is 38.3 Å². The van der Waals surface area contributed by atoms with Crippen molar-refractivity contribution >= 4 is 15.9 Å². The Morgan fingerprint density at radius 1 is 1.32 bits per heavy atom. The normalized spacial score (nSPS) is 16.5. The van der Waals surface area contributed by atoms with Crippen molar-refractivity contribution in [1.29, 1.82) is 0 Å². The zero-order valence-corrected chi connectivity index (χ0v) is 14.2. The number of likely N-dealkylation sites (N-methyl/N-ethyl adjacent to an activating group) is 1. The van der Waals surface area contributed by atoms with Crippen LogP contribution in [0.15, 0.2) is 29.2 Å². The third-order valence-electron chi connectivity index (χ3n) is 4.08. The van der Waals surface area contributed by atoms with Crippen molar-refractivity contribution in [2.45, 2.75) is 50.0 Å². The minimum absolute atomic E-state index is 0.147. The van der Waals surface area contributed by atoms with E-state index in [0.717, 1.165) is 29.1 Å². The maximum absolute atomic E-state index is 12.5. The molecule has 22 heavy (non-hydrogen) atoms. The number of amides is 1. The fourth-order valence-electron chi connectivity index (χ4n) is 2.17. The maximum atomic E-state index is 12.5. The minimum atomic E-state index is -3.63. The molecule has 1 aromatic carbocycles. The van der Waals surface area contributed by atoms with Crippen molar-refractivity contribution < 1.29 is 13.2 Å². The van der Waals surface area contributed by atoms with E-state index in [1.807, 2.05) is 12.1 Å². The third kappa shape index (κ3) is 4.08. The molecule has 122 valence electrons. The van der Waals surface area contributed by atoms with Crippen molar-refractivity contribution in [2.24, 2.45) is 0 Å². The van der Waals surface area contributed by atoms with E-state index in [1.165, 1.54) is 7.05 Å². The molecule has 0 radical (unpaired) electrons. The first-order chi connectivity index (χ1) is 10.3. The zero-order valence-electron chi connectivity index (χ0n) is 13.4. The van der Waals surface area contributed by atoms with E-state index in [4.69, 9.17) is 0 Å². The van der Waals surface area contributed by atoms with Crippen LogP contribution in [0.25, 0.3) is 0 Å². The molecule has 1 aliphatic rings. The molecule has 1 saturated carbocycles. The molecule has 5 nitrogen and oxygen atoms in total. The topological polar surface area (TPSA) is 66.5 Å². The highest BCUT2D eigenvalue weighted by Crippen LogP contribution is 2.22. The van der Waals surface area contributed by atoms with Crippen LogP contribution in [0.1, 0.15) is 44.6 Å². The number of rotatable bonds is 7. The van der Waals surface area contributed by atoms with Crippen LogP contribution in [0.2, 0.25) is 0 Å². The summed E-state index contributed by atoms with van der Waals surface area (Å²) in [6.07, 6.45) is 2.98. The zero-order chi connectivity index (χ0) is 16.3. The second-order valence-electron chi connectivity index (χ2n) is 5.98. The Morgan fingerprint density at radius 2 is 1.91 bits per heavy atom. The third-order valence-corrected chi connectivity index (χ3v) is 5.90. The predicted octanol–water partition coefficient (Wildman–Crippen LogP) is 2.10. The van der Waals surface area contributed by atoms with Gasteiger partial charge in [-0.05, 0) is 42.9 Å². The van der Waals surface area contributed by atoms with Gasteiger partial charge in [0.15, 0.2) is 0 Å². The van der Waals surface area contributed by atoms with Gasteiger partial charge in [-0.2, -0.15) is 4.31 Å². The number of nitrogens with one attached hydrogen (secondary N) is 1. The van der Waals surface area contributed by atoms with E-state index in [1.54, 1.807) is 12.1 Å². The Labute approximate surface area is 132 Å². The average Bonchev–Trinajstić information content (AvgIpc) is 3.30. The lowest BCUT2D eigenvalue weighted by molar-refractivity contribution is -0.121. The van der Waals surface area contributed by atoms with Crippen LogP contribution in [0.3, 0.4) is 0 Å². The maximum Gasteiger partial charge on any atom is 0.243 e. The molecule has 0 spiro atoms. The molecule has 6 heteroatoms. The van der Waals surface area contributed by atoms with Crippen molar-refractivity contribution in [1.82, 2.24) is 9.62 Å². The Kier molecular flexibility index (Phi) is 5.24. The van der Waals surface area contributed by atoms with Gasteiger partial charge in [0.1, 0.15) is 0 Å². The number of carbonyl (C=O) groups excluding carboxylic acids is 1. The van der Waals surface area contributed by atoms with Gasteiger partial charge in [0.2, 0.25) is 15.9 Å². The summed E-state index contributed by atoms with van der Waals surface area (Å²) in [6.45, 7) is 4.06. The molecule has 0 aliphatic heterocycles. The monoisotopic (exact) mass is 324 g/mol. The van der Waals surface area contributed by atoms with Gasteiger partial charge in [-0.25, -0.2) is 8.42 Å². The fraction of sp³-hybridized carbons (Fsp3) is 0.562. The Morgan fingerprint density at radius 3 is 2.41 bits per heavy atom. The summed E-state index contributed by atoms with van der Waals surface area (Å²) in [5, 5.41) is 2.79. The smallest absolute Gasteiger partial charge is 0.243 e.